The number of rotatable bonds is 2. The molecule has 0 radical (unpaired) electrons. The fraction of sp³-hybridized carbons (Fsp3) is 1.00. The Labute approximate surface area is 123 Å². The Morgan fingerprint density at radius 3 is 2.15 bits per heavy atom. The van der Waals surface area contributed by atoms with Crippen LogP contribution in [0, 0.1) is 0 Å². The summed E-state index contributed by atoms with van der Waals surface area (Å²) in [6, 6.07) is 0.599. The largest absolute Gasteiger partial charge is 0.321 e. The van der Waals surface area contributed by atoms with E-state index in [1.807, 2.05) is 0 Å². The van der Waals surface area contributed by atoms with Gasteiger partial charge >= 0.3 is 0 Å². The lowest BCUT2D eigenvalue weighted by Crippen LogP contribution is -2.63. The highest BCUT2D eigenvalue weighted by Crippen LogP contribution is 2.32. The van der Waals surface area contributed by atoms with Crippen LogP contribution in [-0.4, -0.2) is 74.6 Å². The average molecular weight is 301 g/mol. The number of hydrogen-bond acceptors (Lipinski definition) is 3. The van der Waals surface area contributed by atoms with Crippen LogP contribution >= 0.6 is 0 Å². The second kappa shape index (κ2) is 5.58. The van der Waals surface area contributed by atoms with E-state index in [1.165, 1.54) is 51.6 Å². The number of nitrogens with zero attached hydrogens (tertiary/aromatic N) is 2. The molecule has 0 spiro atoms. The third kappa shape index (κ3) is 2.90. The molecule has 3 aliphatic heterocycles. The normalized spacial score (nSPS) is 37.9. The Morgan fingerprint density at radius 2 is 1.50 bits per heavy atom. The van der Waals surface area contributed by atoms with E-state index in [0.29, 0.717) is 17.5 Å². The minimum atomic E-state index is -2.84. The quantitative estimate of drug-likeness (QED) is 0.721. The van der Waals surface area contributed by atoms with E-state index in [4.69, 9.17) is 0 Å². The molecule has 0 aromatic carbocycles. The van der Waals surface area contributed by atoms with Crippen molar-refractivity contribution in [2.75, 3.05) is 44.7 Å². The summed E-state index contributed by atoms with van der Waals surface area (Å²) in [5.74, 6) is 0.830. The molecule has 3 fully saturated rings. The van der Waals surface area contributed by atoms with Crippen molar-refractivity contribution >= 4 is 9.84 Å². The van der Waals surface area contributed by atoms with E-state index in [0.717, 1.165) is 17.6 Å². The van der Waals surface area contributed by atoms with Gasteiger partial charge in [0.25, 0.3) is 0 Å². The van der Waals surface area contributed by atoms with Crippen LogP contribution in [0.4, 0.5) is 0 Å². The van der Waals surface area contributed by atoms with Crippen LogP contribution in [0.5, 0.6) is 0 Å². The maximum atomic E-state index is 12.2. The van der Waals surface area contributed by atoms with Gasteiger partial charge in [0, 0.05) is 0 Å². The predicted octanol–water partition coefficient (Wildman–Crippen LogP) is 1.27. The monoisotopic (exact) mass is 301 g/mol. The Balaban J connectivity index is 1.82. The first-order valence-electron chi connectivity index (χ1n) is 8.29. The van der Waals surface area contributed by atoms with Gasteiger partial charge in [0.15, 0.2) is 9.84 Å². The van der Waals surface area contributed by atoms with Gasteiger partial charge in [-0.25, -0.2) is 8.42 Å². The Hall–Kier alpha value is -0.130. The summed E-state index contributed by atoms with van der Waals surface area (Å²) in [6.45, 7) is 4.56. The molecule has 3 rings (SSSR count). The van der Waals surface area contributed by atoms with Crippen molar-refractivity contribution in [3.05, 3.63) is 0 Å². The SMILES string of the molecule is C[N+]1([C@H]2CS(=O)(=O)C[C@H]2N2CCCCC2)CCCCC1. The predicted molar refractivity (Wildman–Crippen MR) is 81.4 cm³/mol. The van der Waals surface area contributed by atoms with Crippen molar-refractivity contribution in [2.45, 2.75) is 50.6 Å². The van der Waals surface area contributed by atoms with Gasteiger partial charge in [-0.3, -0.25) is 4.90 Å². The number of quaternary nitrogens is 1. The summed E-state index contributed by atoms with van der Waals surface area (Å²) in [5.41, 5.74) is 0. The molecule has 3 saturated heterocycles. The first-order chi connectivity index (χ1) is 9.50. The molecule has 0 unspecified atom stereocenters. The molecule has 0 bridgehead atoms. The summed E-state index contributed by atoms with van der Waals surface area (Å²) in [5, 5.41) is 0. The highest BCUT2D eigenvalue weighted by molar-refractivity contribution is 7.91. The molecular weight excluding hydrogens is 272 g/mol. The van der Waals surface area contributed by atoms with E-state index in [2.05, 4.69) is 11.9 Å². The lowest BCUT2D eigenvalue weighted by atomic mass is 9.98. The van der Waals surface area contributed by atoms with Gasteiger partial charge in [-0.1, -0.05) is 6.42 Å². The van der Waals surface area contributed by atoms with Crippen LogP contribution < -0.4 is 0 Å². The van der Waals surface area contributed by atoms with Crippen molar-refractivity contribution in [1.82, 2.24) is 4.90 Å². The van der Waals surface area contributed by atoms with Crippen LogP contribution in [-0.2, 0) is 9.84 Å². The lowest BCUT2D eigenvalue weighted by Gasteiger charge is -2.47. The highest BCUT2D eigenvalue weighted by atomic mass is 32.2. The van der Waals surface area contributed by atoms with Crippen LogP contribution in [0.1, 0.15) is 38.5 Å². The van der Waals surface area contributed by atoms with Gasteiger partial charge in [-0.05, 0) is 45.2 Å². The van der Waals surface area contributed by atoms with Crippen molar-refractivity contribution in [3.8, 4) is 0 Å². The third-order valence-electron chi connectivity index (χ3n) is 5.79. The van der Waals surface area contributed by atoms with Crippen LogP contribution in [0.2, 0.25) is 0 Å². The smallest absolute Gasteiger partial charge is 0.157 e. The summed E-state index contributed by atoms with van der Waals surface area (Å²) in [6.07, 6.45) is 7.65. The fourth-order valence-electron chi connectivity index (χ4n) is 4.57. The minimum absolute atomic E-state index is 0.281. The molecule has 0 aliphatic carbocycles. The Kier molecular flexibility index (Phi) is 4.13. The number of sulfone groups is 1. The fourth-order valence-corrected chi connectivity index (χ4v) is 6.76. The first kappa shape index (κ1) is 14.8. The topological polar surface area (TPSA) is 37.4 Å². The molecule has 5 heteroatoms. The molecule has 0 N–H and O–H groups in total. The van der Waals surface area contributed by atoms with Crippen molar-refractivity contribution in [3.63, 3.8) is 0 Å². The van der Waals surface area contributed by atoms with Gasteiger partial charge < -0.3 is 4.48 Å². The molecule has 4 nitrogen and oxygen atoms in total. The van der Waals surface area contributed by atoms with Gasteiger partial charge in [-0.15, -0.1) is 0 Å². The van der Waals surface area contributed by atoms with Crippen molar-refractivity contribution < 1.29 is 12.9 Å². The average Bonchev–Trinajstić information content (AvgIpc) is 2.78. The van der Waals surface area contributed by atoms with Crippen LogP contribution in [0.3, 0.4) is 0 Å². The molecule has 116 valence electrons. The summed E-state index contributed by atoms with van der Waals surface area (Å²) in [7, 11) is -0.532. The van der Waals surface area contributed by atoms with E-state index >= 15 is 0 Å². The Morgan fingerprint density at radius 1 is 0.900 bits per heavy atom. The first-order valence-corrected chi connectivity index (χ1v) is 10.1. The van der Waals surface area contributed by atoms with Gasteiger partial charge in [0.1, 0.15) is 11.8 Å². The molecule has 0 aromatic rings. The second-order valence-electron chi connectivity index (χ2n) is 7.30. The summed E-state index contributed by atoms with van der Waals surface area (Å²) in [4.78, 5) is 2.50. The van der Waals surface area contributed by atoms with Gasteiger partial charge in [0.2, 0.25) is 0 Å². The molecule has 3 aliphatic rings. The molecule has 0 aromatic heterocycles. The van der Waals surface area contributed by atoms with E-state index in [1.54, 1.807) is 0 Å². The summed E-state index contributed by atoms with van der Waals surface area (Å²) < 4.78 is 25.5. The van der Waals surface area contributed by atoms with Crippen LogP contribution in [0.15, 0.2) is 0 Å². The standard InChI is InChI=1S/C15H29N2O2S/c1-17(10-6-3-7-11-17)15-13-20(18,19)12-14(15)16-8-4-2-5-9-16/h14-15H,2-13H2,1H3/q+1/t14-,15+/m1/s1. The molecule has 3 heterocycles. The minimum Gasteiger partial charge on any atom is -0.321 e. The molecular formula is C15H29N2O2S+. The van der Waals surface area contributed by atoms with E-state index in [-0.39, 0.29) is 6.04 Å². The zero-order chi connectivity index (χ0) is 14.2. The highest BCUT2D eigenvalue weighted by Gasteiger charge is 2.50. The zero-order valence-corrected chi connectivity index (χ0v) is 13.6. The van der Waals surface area contributed by atoms with Crippen molar-refractivity contribution in [2.24, 2.45) is 0 Å². The molecule has 20 heavy (non-hydrogen) atoms. The maximum Gasteiger partial charge on any atom is 0.157 e. The Bertz CT molecular complexity index is 437. The van der Waals surface area contributed by atoms with Gasteiger partial charge in [0.05, 0.1) is 31.9 Å². The number of hydrogen-bond donors (Lipinski definition) is 0. The third-order valence-corrected chi connectivity index (χ3v) is 7.49. The molecule has 0 amide bonds. The number of likely N-dealkylation sites (N-methyl/N-ethyl adjacent to an activating group) is 1. The van der Waals surface area contributed by atoms with Crippen LogP contribution in [0.25, 0.3) is 0 Å². The lowest BCUT2D eigenvalue weighted by molar-refractivity contribution is -0.936. The van der Waals surface area contributed by atoms with Crippen molar-refractivity contribution in [1.29, 1.82) is 0 Å². The second-order valence-corrected chi connectivity index (χ2v) is 9.45. The zero-order valence-electron chi connectivity index (χ0n) is 12.8. The molecule has 0 saturated carbocycles. The summed E-state index contributed by atoms with van der Waals surface area (Å²) >= 11 is 0. The van der Waals surface area contributed by atoms with E-state index < -0.39 is 9.84 Å². The molecule has 2 atom stereocenters. The maximum absolute atomic E-state index is 12.2. The number of piperidine rings is 2. The van der Waals surface area contributed by atoms with E-state index in [9.17, 15) is 8.42 Å². The number of likely N-dealkylation sites (tertiary alicyclic amines) is 2. The van der Waals surface area contributed by atoms with Gasteiger partial charge in [-0.2, -0.15) is 0 Å².